The lowest BCUT2D eigenvalue weighted by molar-refractivity contribution is -0.126. The average Bonchev–Trinajstić information content (AvgIpc) is 2.35. The number of carbonyl (C=O) groups is 2. The van der Waals surface area contributed by atoms with Crippen molar-refractivity contribution in [3.63, 3.8) is 0 Å². The molecule has 0 aliphatic carbocycles. The number of hydrogen-bond donors (Lipinski definition) is 1. The maximum atomic E-state index is 12.1. The Labute approximate surface area is 102 Å². The standard InChI is InChI=1S/C12H21NO4/c1-8(2)11(14)10(13-12(15)16-3)9-4-6-17-7-5-9/h8-10H,4-7H2,1-3H3,(H,13,15)/t10-/m1/s1. The minimum absolute atomic E-state index is 0.0577. The Hall–Kier alpha value is -1.10. The molecule has 1 atom stereocenters. The van der Waals surface area contributed by atoms with Crippen molar-refractivity contribution >= 4 is 11.9 Å². The fourth-order valence-electron chi connectivity index (χ4n) is 2.02. The summed E-state index contributed by atoms with van der Waals surface area (Å²) < 4.78 is 9.83. The second-order valence-electron chi connectivity index (χ2n) is 4.62. The Balaban J connectivity index is 2.69. The molecule has 1 saturated heterocycles. The van der Waals surface area contributed by atoms with Crippen molar-refractivity contribution in [1.82, 2.24) is 5.32 Å². The number of ether oxygens (including phenoxy) is 2. The van der Waals surface area contributed by atoms with E-state index in [9.17, 15) is 9.59 Å². The quantitative estimate of drug-likeness (QED) is 0.809. The molecule has 0 spiro atoms. The summed E-state index contributed by atoms with van der Waals surface area (Å²) in [5.41, 5.74) is 0. The third kappa shape index (κ3) is 4.00. The van der Waals surface area contributed by atoms with E-state index in [1.807, 2.05) is 13.8 Å². The highest BCUT2D eigenvalue weighted by Crippen LogP contribution is 2.21. The lowest BCUT2D eigenvalue weighted by Crippen LogP contribution is -2.49. The van der Waals surface area contributed by atoms with Crippen LogP contribution in [0.5, 0.6) is 0 Å². The van der Waals surface area contributed by atoms with Gasteiger partial charge in [-0.05, 0) is 18.8 Å². The summed E-state index contributed by atoms with van der Waals surface area (Å²) in [4.78, 5) is 23.4. The summed E-state index contributed by atoms with van der Waals surface area (Å²) in [6.45, 7) is 4.98. The van der Waals surface area contributed by atoms with Gasteiger partial charge in [-0.15, -0.1) is 0 Å². The molecule has 1 rings (SSSR count). The molecule has 17 heavy (non-hydrogen) atoms. The number of ketones is 1. The van der Waals surface area contributed by atoms with Crippen molar-refractivity contribution in [1.29, 1.82) is 0 Å². The summed E-state index contributed by atoms with van der Waals surface area (Å²) in [6.07, 6.45) is 1.05. The molecular weight excluding hydrogens is 222 g/mol. The first kappa shape index (κ1) is 14.0. The van der Waals surface area contributed by atoms with Crippen LogP contribution in [0.1, 0.15) is 26.7 Å². The largest absolute Gasteiger partial charge is 0.453 e. The van der Waals surface area contributed by atoms with E-state index in [-0.39, 0.29) is 17.6 Å². The Bertz CT molecular complexity index is 272. The minimum Gasteiger partial charge on any atom is -0.453 e. The van der Waals surface area contributed by atoms with E-state index in [0.29, 0.717) is 13.2 Å². The van der Waals surface area contributed by atoms with E-state index in [0.717, 1.165) is 12.8 Å². The van der Waals surface area contributed by atoms with Gasteiger partial charge in [0.05, 0.1) is 13.2 Å². The monoisotopic (exact) mass is 243 g/mol. The predicted octanol–water partition coefficient (Wildman–Crippen LogP) is 1.36. The lowest BCUT2D eigenvalue weighted by Gasteiger charge is -2.30. The van der Waals surface area contributed by atoms with Gasteiger partial charge in [0.15, 0.2) is 5.78 Å². The van der Waals surface area contributed by atoms with E-state index >= 15 is 0 Å². The van der Waals surface area contributed by atoms with Crippen molar-refractivity contribution in [3.8, 4) is 0 Å². The zero-order chi connectivity index (χ0) is 12.8. The first-order valence-electron chi connectivity index (χ1n) is 6.02. The molecule has 0 radical (unpaired) electrons. The Kier molecular flexibility index (Phi) is 5.41. The molecule has 1 N–H and O–H groups in total. The van der Waals surface area contributed by atoms with E-state index < -0.39 is 12.1 Å². The summed E-state index contributed by atoms with van der Waals surface area (Å²) in [6, 6.07) is -0.452. The Morgan fingerprint density at radius 1 is 1.29 bits per heavy atom. The number of hydrogen-bond acceptors (Lipinski definition) is 4. The summed E-state index contributed by atoms with van der Waals surface area (Å²) >= 11 is 0. The van der Waals surface area contributed by atoms with Crippen LogP contribution in [0.4, 0.5) is 4.79 Å². The molecule has 1 heterocycles. The van der Waals surface area contributed by atoms with Gasteiger partial charge in [0, 0.05) is 19.1 Å². The van der Waals surface area contributed by atoms with E-state index in [4.69, 9.17) is 4.74 Å². The van der Waals surface area contributed by atoms with E-state index in [1.165, 1.54) is 7.11 Å². The van der Waals surface area contributed by atoms with Gasteiger partial charge in [0.1, 0.15) is 0 Å². The van der Waals surface area contributed by atoms with Gasteiger partial charge in [-0.25, -0.2) is 4.79 Å². The third-order valence-corrected chi connectivity index (χ3v) is 3.07. The van der Waals surface area contributed by atoms with E-state index in [1.54, 1.807) is 0 Å². The SMILES string of the molecule is COC(=O)N[C@@H](C(=O)C(C)C)C1CCOCC1. The molecule has 98 valence electrons. The van der Waals surface area contributed by atoms with Crippen LogP contribution >= 0.6 is 0 Å². The zero-order valence-corrected chi connectivity index (χ0v) is 10.7. The molecular formula is C12H21NO4. The number of nitrogens with one attached hydrogen (secondary N) is 1. The molecule has 0 saturated carbocycles. The van der Waals surface area contributed by atoms with Crippen LogP contribution in [-0.2, 0) is 14.3 Å². The number of Topliss-reactive ketones (excluding diaryl/α,β-unsaturated/α-hetero) is 1. The number of rotatable bonds is 4. The number of methoxy groups -OCH3 is 1. The van der Waals surface area contributed by atoms with Gasteiger partial charge >= 0.3 is 6.09 Å². The molecule has 1 aliphatic rings. The Morgan fingerprint density at radius 2 is 1.88 bits per heavy atom. The molecule has 0 aromatic carbocycles. The Morgan fingerprint density at radius 3 is 2.35 bits per heavy atom. The van der Waals surface area contributed by atoms with Crippen molar-refractivity contribution in [2.24, 2.45) is 11.8 Å². The molecule has 1 fully saturated rings. The highest BCUT2D eigenvalue weighted by molar-refractivity contribution is 5.89. The second-order valence-corrected chi connectivity index (χ2v) is 4.62. The molecule has 0 aromatic heterocycles. The van der Waals surface area contributed by atoms with Crippen LogP contribution in [0.2, 0.25) is 0 Å². The predicted molar refractivity (Wildman–Crippen MR) is 62.7 cm³/mol. The van der Waals surface area contributed by atoms with Gasteiger partial charge in [0.2, 0.25) is 0 Å². The fraction of sp³-hybridized carbons (Fsp3) is 0.833. The van der Waals surface area contributed by atoms with Crippen LogP contribution in [0.3, 0.4) is 0 Å². The van der Waals surface area contributed by atoms with Crippen LogP contribution < -0.4 is 5.32 Å². The van der Waals surface area contributed by atoms with E-state index in [2.05, 4.69) is 10.1 Å². The van der Waals surface area contributed by atoms with Crippen molar-refractivity contribution in [2.75, 3.05) is 20.3 Å². The molecule has 1 amide bonds. The van der Waals surface area contributed by atoms with Crippen LogP contribution in [0, 0.1) is 11.8 Å². The number of alkyl carbamates (subject to hydrolysis) is 1. The molecule has 5 nitrogen and oxygen atoms in total. The summed E-state index contributed by atoms with van der Waals surface area (Å²) in [5.74, 6) is 0.111. The average molecular weight is 243 g/mol. The topological polar surface area (TPSA) is 64.6 Å². The highest BCUT2D eigenvalue weighted by atomic mass is 16.5. The van der Waals surface area contributed by atoms with Gasteiger partial charge < -0.3 is 14.8 Å². The maximum absolute atomic E-state index is 12.1. The smallest absolute Gasteiger partial charge is 0.407 e. The lowest BCUT2D eigenvalue weighted by atomic mass is 9.85. The normalized spacial score (nSPS) is 18.8. The zero-order valence-electron chi connectivity index (χ0n) is 10.7. The maximum Gasteiger partial charge on any atom is 0.407 e. The molecule has 0 bridgehead atoms. The van der Waals surface area contributed by atoms with Crippen LogP contribution in [0.15, 0.2) is 0 Å². The van der Waals surface area contributed by atoms with Crippen molar-refractivity contribution in [2.45, 2.75) is 32.7 Å². The van der Waals surface area contributed by atoms with Gasteiger partial charge in [-0.1, -0.05) is 13.8 Å². The fourth-order valence-corrected chi connectivity index (χ4v) is 2.02. The molecule has 1 aliphatic heterocycles. The van der Waals surface area contributed by atoms with Crippen molar-refractivity contribution < 1.29 is 19.1 Å². The van der Waals surface area contributed by atoms with Gasteiger partial charge in [-0.3, -0.25) is 4.79 Å². The second kappa shape index (κ2) is 6.59. The highest BCUT2D eigenvalue weighted by Gasteiger charge is 2.32. The number of carbonyl (C=O) groups excluding carboxylic acids is 2. The minimum atomic E-state index is -0.546. The summed E-state index contributed by atoms with van der Waals surface area (Å²) in [7, 11) is 1.30. The van der Waals surface area contributed by atoms with Crippen LogP contribution in [-0.4, -0.2) is 38.2 Å². The molecule has 5 heteroatoms. The van der Waals surface area contributed by atoms with Crippen LogP contribution in [0.25, 0.3) is 0 Å². The molecule has 0 unspecified atom stereocenters. The first-order chi connectivity index (χ1) is 8.06. The molecule has 0 aromatic rings. The summed E-state index contributed by atoms with van der Waals surface area (Å²) in [5, 5.41) is 2.65. The van der Waals surface area contributed by atoms with Crippen molar-refractivity contribution in [3.05, 3.63) is 0 Å². The number of amides is 1. The van der Waals surface area contributed by atoms with Gasteiger partial charge in [0.25, 0.3) is 0 Å². The first-order valence-corrected chi connectivity index (χ1v) is 6.02. The third-order valence-electron chi connectivity index (χ3n) is 3.07. The van der Waals surface area contributed by atoms with Gasteiger partial charge in [-0.2, -0.15) is 0 Å².